The van der Waals surface area contributed by atoms with Crippen molar-refractivity contribution in [3.63, 3.8) is 0 Å². The second-order valence-electron chi connectivity index (χ2n) is 6.10. The molecular weight excluding hydrogens is 364 g/mol. The Labute approximate surface area is 162 Å². The number of carbonyl (C=O) groups excluding carboxylic acids is 1. The molecule has 0 bridgehead atoms. The van der Waals surface area contributed by atoms with Crippen LogP contribution in [0.2, 0.25) is 5.02 Å². The first-order valence-electron chi connectivity index (χ1n) is 8.22. The Morgan fingerprint density at radius 2 is 1.81 bits per heavy atom. The summed E-state index contributed by atoms with van der Waals surface area (Å²) in [6.45, 7) is 6.19. The average Bonchev–Trinajstić information content (AvgIpc) is 2.97. The Morgan fingerprint density at radius 3 is 2.50 bits per heavy atom. The van der Waals surface area contributed by atoms with E-state index in [-0.39, 0.29) is 5.91 Å². The first-order chi connectivity index (χ1) is 12.4. The molecule has 0 aliphatic heterocycles. The number of anilines is 1. The monoisotopic (exact) mass is 382 g/mol. The van der Waals surface area contributed by atoms with Crippen LogP contribution in [0.4, 0.5) is 5.13 Å². The number of hydrogen-bond acceptors (Lipinski definition) is 3. The lowest BCUT2D eigenvalue weighted by Crippen LogP contribution is -2.07. The predicted molar refractivity (Wildman–Crippen MR) is 111 cm³/mol. The minimum Gasteiger partial charge on any atom is -0.298 e. The van der Waals surface area contributed by atoms with Crippen molar-refractivity contribution >= 4 is 40.1 Å². The van der Waals surface area contributed by atoms with Crippen molar-refractivity contribution in [2.45, 2.75) is 20.8 Å². The van der Waals surface area contributed by atoms with Crippen LogP contribution < -0.4 is 5.32 Å². The van der Waals surface area contributed by atoms with Crippen LogP contribution in [0.25, 0.3) is 17.3 Å². The number of nitrogens with zero attached hydrogens (tertiary/aromatic N) is 1. The molecule has 0 saturated heterocycles. The van der Waals surface area contributed by atoms with Gasteiger partial charge in [-0.3, -0.25) is 10.1 Å². The molecule has 132 valence electrons. The highest BCUT2D eigenvalue weighted by atomic mass is 35.5. The number of nitrogens with one attached hydrogen (secondary N) is 1. The number of carbonyl (C=O) groups is 1. The molecule has 0 aliphatic rings. The third-order valence-electron chi connectivity index (χ3n) is 4.10. The first-order valence-corrected chi connectivity index (χ1v) is 9.41. The number of amides is 1. The Balaban J connectivity index is 1.73. The van der Waals surface area contributed by atoms with Gasteiger partial charge in [-0.15, -0.1) is 11.3 Å². The second-order valence-corrected chi connectivity index (χ2v) is 7.74. The van der Waals surface area contributed by atoms with E-state index in [0.29, 0.717) is 10.2 Å². The molecule has 0 saturated carbocycles. The van der Waals surface area contributed by atoms with Crippen molar-refractivity contribution in [1.29, 1.82) is 0 Å². The highest BCUT2D eigenvalue weighted by Gasteiger charge is 2.11. The van der Waals surface area contributed by atoms with Gasteiger partial charge < -0.3 is 0 Å². The van der Waals surface area contributed by atoms with Gasteiger partial charge in [0.25, 0.3) is 0 Å². The van der Waals surface area contributed by atoms with Crippen molar-refractivity contribution in [3.05, 3.63) is 75.1 Å². The third-order valence-corrected chi connectivity index (χ3v) is 5.24. The molecule has 0 fully saturated rings. The maximum atomic E-state index is 12.2. The summed E-state index contributed by atoms with van der Waals surface area (Å²) in [4.78, 5) is 17.8. The van der Waals surface area contributed by atoms with Crippen LogP contribution in [-0.2, 0) is 4.79 Å². The maximum Gasteiger partial charge on any atom is 0.250 e. The highest BCUT2D eigenvalue weighted by molar-refractivity contribution is 7.16. The van der Waals surface area contributed by atoms with E-state index < -0.39 is 0 Å². The summed E-state index contributed by atoms with van der Waals surface area (Å²) in [5, 5.41) is 4.10. The van der Waals surface area contributed by atoms with E-state index in [9.17, 15) is 4.79 Å². The van der Waals surface area contributed by atoms with Crippen LogP contribution in [0.15, 0.2) is 48.5 Å². The lowest BCUT2D eigenvalue weighted by molar-refractivity contribution is -0.111. The zero-order valence-corrected chi connectivity index (χ0v) is 16.4. The van der Waals surface area contributed by atoms with Gasteiger partial charge in [-0.2, -0.15) is 0 Å². The van der Waals surface area contributed by atoms with Gasteiger partial charge in [0, 0.05) is 21.5 Å². The Hall–Kier alpha value is -2.43. The van der Waals surface area contributed by atoms with Crippen molar-refractivity contribution in [2.75, 3.05) is 5.32 Å². The molecule has 0 atom stereocenters. The quantitative estimate of drug-likeness (QED) is 0.559. The van der Waals surface area contributed by atoms with E-state index in [1.165, 1.54) is 28.5 Å². The van der Waals surface area contributed by atoms with Gasteiger partial charge in [0.05, 0.1) is 5.69 Å². The molecule has 0 aliphatic carbocycles. The minimum absolute atomic E-state index is 0.208. The molecule has 0 radical (unpaired) electrons. The van der Waals surface area contributed by atoms with Crippen LogP contribution in [-0.4, -0.2) is 10.9 Å². The molecule has 0 unspecified atom stereocenters. The standard InChI is InChI=1S/C21H19ClN2OS/c1-13-4-8-17(12-14(13)2)20-15(3)26-21(24-20)23-19(25)11-7-16-5-9-18(22)10-6-16/h4-12H,1-3H3,(H,23,24,25)/b11-7+. The average molecular weight is 383 g/mol. The highest BCUT2D eigenvalue weighted by Crippen LogP contribution is 2.31. The number of thiazole rings is 1. The summed E-state index contributed by atoms with van der Waals surface area (Å²) in [5.41, 5.74) is 5.37. The Morgan fingerprint density at radius 1 is 1.08 bits per heavy atom. The van der Waals surface area contributed by atoms with Crippen molar-refractivity contribution < 1.29 is 4.79 Å². The molecule has 1 amide bonds. The minimum atomic E-state index is -0.208. The lowest BCUT2D eigenvalue weighted by Gasteiger charge is -2.03. The largest absolute Gasteiger partial charge is 0.298 e. The Kier molecular flexibility index (Phi) is 5.55. The van der Waals surface area contributed by atoms with Crippen molar-refractivity contribution in [3.8, 4) is 11.3 Å². The third kappa shape index (κ3) is 4.40. The van der Waals surface area contributed by atoms with Gasteiger partial charge in [0.15, 0.2) is 5.13 Å². The maximum absolute atomic E-state index is 12.2. The van der Waals surface area contributed by atoms with Gasteiger partial charge in [-0.25, -0.2) is 4.98 Å². The molecule has 0 spiro atoms. The molecule has 3 nitrogen and oxygen atoms in total. The number of benzene rings is 2. The van der Waals surface area contributed by atoms with E-state index in [2.05, 4.69) is 42.3 Å². The molecule has 3 aromatic rings. The summed E-state index contributed by atoms with van der Waals surface area (Å²) in [6, 6.07) is 13.6. The van der Waals surface area contributed by atoms with Gasteiger partial charge in [-0.1, -0.05) is 35.9 Å². The fourth-order valence-electron chi connectivity index (χ4n) is 2.50. The van der Waals surface area contributed by atoms with Crippen LogP contribution >= 0.6 is 22.9 Å². The van der Waals surface area contributed by atoms with E-state index >= 15 is 0 Å². The molecule has 26 heavy (non-hydrogen) atoms. The van der Waals surface area contributed by atoms with Crippen molar-refractivity contribution in [2.24, 2.45) is 0 Å². The molecule has 1 N–H and O–H groups in total. The summed E-state index contributed by atoms with van der Waals surface area (Å²) < 4.78 is 0. The first kappa shape index (κ1) is 18.4. The second kappa shape index (κ2) is 7.85. The van der Waals surface area contributed by atoms with Gasteiger partial charge in [-0.05, 0) is 61.7 Å². The van der Waals surface area contributed by atoms with Crippen LogP contribution in [0.5, 0.6) is 0 Å². The molecular formula is C21H19ClN2OS. The molecule has 5 heteroatoms. The summed E-state index contributed by atoms with van der Waals surface area (Å²) in [7, 11) is 0. The Bertz CT molecular complexity index is 974. The van der Waals surface area contributed by atoms with Gasteiger partial charge in [0.2, 0.25) is 5.91 Å². The summed E-state index contributed by atoms with van der Waals surface area (Å²) in [6.07, 6.45) is 3.24. The fourth-order valence-corrected chi connectivity index (χ4v) is 3.46. The van der Waals surface area contributed by atoms with Crippen LogP contribution in [0.3, 0.4) is 0 Å². The number of hydrogen-bond donors (Lipinski definition) is 1. The molecule has 1 heterocycles. The topological polar surface area (TPSA) is 42.0 Å². The van der Waals surface area contributed by atoms with Crippen LogP contribution in [0, 0.1) is 20.8 Å². The van der Waals surface area contributed by atoms with E-state index in [1.807, 2.05) is 19.1 Å². The number of aryl methyl sites for hydroxylation is 3. The predicted octanol–water partition coefficient (Wildman–Crippen LogP) is 6.04. The number of rotatable bonds is 4. The number of halogens is 1. The van der Waals surface area contributed by atoms with Crippen LogP contribution in [0.1, 0.15) is 21.6 Å². The number of aromatic nitrogens is 1. The smallest absolute Gasteiger partial charge is 0.250 e. The van der Waals surface area contributed by atoms with Gasteiger partial charge >= 0.3 is 0 Å². The summed E-state index contributed by atoms with van der Waals surface area (Å²) >= 11 is 7.33. The zero-order chi connectivity index (χ0) is 18.7. The molecule has 3 rings (SSSR count). The van der Waals surface area contributed by atoms with Crippen molar-refractivity contribution in [1.82, 2.24) is 4.98 Å². The normalized spacial score (nSPS) is 11.1. The van der Waals surface area contributed by atoms with Gasteiger partial charge in [0.1, 0.15) is 0 Å². The SMILES string of the molecule is Cc1ccc(-c2nc(NC(=O)/C=C/c3ccc(Cl)cc3)sc2C)cc1C. The van der Waals surface area contributed by atoms with E-state index in [1.54, 1.807) is 18.2 Å². The van der Waals surface area contributed by atoms with E-state index in [4.69, 9.17) is 11.6 Å². The summed E-state index contributed by atoms with van der Waals surface area (Å²) in [5.74, 6) is -0.208. The lowest BCUT2D eigenvalue weighted by atomic mass is 10.0. The molecule has 1 aromatic heterocycles. The zero-order valence-electron chi connectivity index (χ0n) is 14.8. The van der Waals surface area contributed by atoms with E-state index in [0.717, 1.165) is 21.7 Å². The molecule has 2 aromatic carbocycles. The fraction of sp³-hybridized carbons (Fsp3) is 0.143.